The van der Waals surface area contributed by atoms with E-state index in [-0.39, 0.29) is 35.8 Å². The summed E-state index contributed by atoms with van der Waals surface area (Å²) in [5, 5.41) is 0. The molecule has 1 aliphatic carbocycles. The predicted molar refractivity (Wildman–Crippen MR) is 103 cm³/mol. The summed E-state index contributed by atoms with van der Waals surface area (Å²) < 4.78 is 11.2. The summed E-state index contributed by atoms with van der Waals surface area (Å²) in [6.45, 7) is 8.14. The summed E-state index contributed by atoms with van der Waals surface area (Å²) in [6.07, 6.45) is 8.10. The van der Waals surface area contributed by atoms with Crippen LogP contribution in [0.25, 0.3) is 0 Å². The largest absolute Gasteiger partial charge is 0.462 e. The van der Waals surface area contributed by atoms with Gasteiger partial charge in [0.25, 0.3) is 0 Å². The number of esters is 2. The second-order valence-electron chi connectivity index (χ2n) is 7.74. The molecule has 0 N–H and O–H groups in total. The zero-order valence-electron chi connectivity index (χ0n) is 16.3. The molecule has 1 saturated carbocycles. The fraction of sp³-hybridized carbons (Fsp3) is 0.900. The van der Waals surface area contributed by atoms with Gasteiger partial charge in [0.15, 0.2) is 0 Å². The SMILES string of the molecule is CCCC(=O)OC(CCC(C)C(S)OC(=O)C1CCCCC1)C(C)C. The average molecular weight is 373 g/mol. The number of hydrogen-bond acceptors (Lipinski definition) is 5. The third kappa shape index (κ3) is 8.48. The van der Waals surface area contributed by atoms with E-state index in [9.17, 15) is 9.59 Å². The Kier molecular flexibility index (Phi) is 10.6. The second kappa shape index (κ2) is 11.8. The van der Waals surface area contributed by atoms with Crippen LogP contribution in [-0.2, 0) is 19.1 Å². The van der Waals surface area contributed by atoms with Crippen LogP contribution < -0.4 is 0 Å². The molecular formula is C20H36O4S. The zero-order chi connectivity index (χ0) is 18.8. The molecule has 3 atom stereocenters. The van der Waals surface area contributed by atoms with Crippen molar-refractivity contribution in [3.8, 4) is 0 Å². The van der Waals surface area contributed by atoms with E-state index in [0.717, 1.165) is 44.9 Å². The number of thiol groups is 1. The number of hydrogen-bond donors (Lipinski definition) is 1. The second-order valence-corrected chi connectivity index (χ2v) is 8.25. The van der Waals surface area contributed by atoms with E-state index in [2.05, 4.69) is 26.5 Å². The van der Waals surface area contributed by atoms with Crippen molar-refractivity contribution in [1.29, 1.82) is 0 Å². The Hall–Kier alpha value is -0.710. The van der Waals surface area contributed by atoms with Crippen molar-refractivity contribution in [2.75, 3.05) is 0 Å². The Morgan fingerprint density at radius 3 is 2.24 bits per heavy atom. The van der Waals surface area contributed by atoms with Gasteiger partial charge in [-0.15, -0.1) is 12.6 Å². The third-order valence-electron chi connectivity index (χ3n) is 5.05. The lowest BCUT2D eigenvalue weighted by Gasteiger charge is -2.27. The van der Waals surface area contributed by atoms with Gasteiger partial charge in [-0.1, -0.05) is 47.0 Å². The van der Waals surface area contributed by atoms with Crippen molar-refractivity contribution >= 4 is 24.6 Å². The monoisotopic (exact) mass is 372 g/mol. The lowest BCUT2D eigenvalue weighted by Crippen LogP contribution is -2.28. The van der Waals surface area contributed by atoms with Crippen LogP contribution in [-0.4, -0.2) is 23.5 Å². The molecule has 0 radical (unpaired) electrons. The maximum Gasteiger partial charge on any atom is 0.310 e. The molecule has 146 valence electrons. The van der Waals surface area contributed by atoms with E-state index in [1.807, 2.05) is 13.8 Å². The Labute approximate surface area is 158 Å². The summed E-state index contributed by atoms with van der Waals surface area (Å²) in [7, 11) is 0. The topological polar surface area (TPSA) is 52.6 Å². The molecule has 0 saturated heterocycles. The molecule has 3 unspecified atom stereocenters. The number of carbonyl (C=O) groups excluding carboxylic acids is 2. The summed E-state index contributed by atoms with van der Waals surface area (Å²) in [5.41, 5.74) is -0.395. The molecule has 1 rings (SSSR count). The molecule has 0 heterocycles. The van der Waals surface area contributed by atoms with E-state index in [1.165, 1.54) is 6.42 Å². The molecule has 0 bridgehead atoms. The molecule has 4 nitrogen and oxygen atoms in total. The van der Waals surface area contributed by atoms with Crippen molar-refractivity contribution in [3.05, 3.63) is 0 Å². The predicted octanol–water partition coefficient (Wildman–Crippen LogP) is 5.15. The standard InChI is InChI=1S/C20H36O4S/c1-5-9-18(21)23-17(14(2)3)13-12-15(4)20(25)24-19(22)16-10-7-6-8-11-16/h14-17,20,25H,5-13H2,1-4H3. The fourth-order valence-corrected chi connectivity index (χ4v) is 3.45. The van der Waals surface area contributed by atoms with Crippen molar-refractivity contribution in [1.82, 2.24) is 0 Å². The molecule has 5 heteroatoms. The first kappa shape index (κ1) is 22.3. The highest BCUT2D eigenvalue weighted by Gasteiger charge is 2.27. The van der Waals surface area contributed by atoms with Crippen molar-refractivity contribution in [3.63, 3.8) is 0 Å². The van der Waals surface area contributed by atoms with Crippen LogP contribution in [0.15, 0.2) is 0 Å². The summed E-state index contributed by atoms with van der Waals surface area (Å²) >= 11 is 4.49. The van der Waals surface area contributed by atoms with Crippen LogP contribution in [0.5, 0.6) is 0 Å². The molecule has 0 spiro atoms. The first-order valence-corrected chi connectivity index (χ1v) is 10.4. The highest BCUT2D eigenvalue weighted by Crippen LogP contribution is 2.28. The number of rotatable bonds is 10. The van der Waals surface area contributed by atoms with Crippen LogP contribution in [0.2, 0.25) is 0 Å². The first-order valence-electron chi connectivity index (χ1n) is 9.93. The van der Waals surface area contributed by atoms with Crippen LogP contribution in [0.4, 0.5) is 0 Å². The zero-order valence-corrected chi connectivity index (χ0v) is 17.2. The van der Waals surface area contributed by atoms with Gasteiger partial charge >= 0.3 is 11.9 Å². The lowest BCUT2D eigenvalue weighted by atomic mass is 9.89. The van der Waals surface area contributed by atoms with Crippen molar-refractivity contribution in [2.24, 2.45) is 17.8 Å². The normalized spacial score (nSPS) is 19.3. The minimum atomic E-state index is -0.395. The maximum atomic E-state index is 12.2. The Morgan fingerprint density at radius 2 is 1.68 bits per heavy atom. The maximum absolute atomic E-state index is 12.2. The van der Waals surface area contributed by atoms with Crippen LogP contribution >= 0.6 is 12.6 Å². The van der Waals surface area contributed by atoms with E-state index >= 15 is 0 Å². The molecule has 25 heavy (non-hydrogen) atoms. The Bertz CT molecular complexity index is 405. The van der Waals surface area contributed by atoms with Gasteiger partial charge in [0.1, 0.15) is 11.5 Å². The Balaban J connectivity index is 2.40. The highest BCUT2D eigenvalue weighted by molar-refractivity contribution is 7.80. The van der Waals surface area contributed by atoms with E-state index in [1.54, 1.807) is 0 Å². The van der Waals surface area contributed by atoms with Gasteiger partial charge in [-0.2, -0.15) is 0 Å². The third-order valence-corrected chi connectivity index (χ3v) is 5.66. The average Bonchev–Trinajstić information content (AvgIpc) is 2.58. The Morgan fingerprint density at radius 1 is 1.04 bits per heavy atom. The van der Waals surface area contributed by atoms with Gasteiger partial charge in [0, 0.05) is 12.3 Å². The van der Waals surface area contributed by atoms with Crippen LogP contribution in [0, 0.1) is 17.8 Å². The molecule has 0 aromatic rings. The van der Waals surface area contributed by atoms with Gasteiger partial charge in [-0.3, -0.25) is 9.59 Å². The number of ether oxygens (including phenoxy) is 2. The quantitative estimate of drug-likeness (QED) is 0.327. The molecule has 0 aromatic heterocycles. The fourth-order valence-electron chi connectivity index (χ4n) is 3.20. The van der Waals surface area contributed by atoms with E-state index < -0.39 is 5.44 Å². The van der Waals surface area contributed by atoms with Crippen LogP contribution in [0.1, 0.15) is 85.5 Å². The molecule has 0 amide bonds. The highest BCUT2D eigenvalue weighted by atomic mass is 32.1. The van der Waals surface area contributed by atoms with Crippen molar-refractivity contribution < 1.29 is 19.1 Å². The van der Waals surface area contributed by atoms with Crippen LogP contribution in [0.3, 0.4) is 0 Å². The van der Waals surface area contributed by atoms with Gasteiger partial charge in [-0.05, 0) is 38.0 Å². The van der Waals surface area contributed by atoms with Gasteiger partial charge in [0.2, 0.25) is 0 Å². The molecular weight excluding hydrogens is 336 g/mol. The number of carbonyl (C=O) groups is 2. The summed E-state index contributed by atoms with van der Waals surface area (Å²) in [5.74, 6) is 0.230. The van der Waals surface area contributed by atoms with Gasteiger partial charge in [0.05, 0.1) is 5.92 Å². The molecule has 1 fully saturated rings. The molecule has 1 aliphatic rings. The minimum Gasteiger partial charge on any atom is -0.462 e. The van der Waals surface area contributed by atoms with E-state index in [4.69, 9.17) is 9.47 Å². The summed E-state index contributed by atoms with van der Waals surface area (Å²) in [6, 6.07) is 0. The van der Waals surface area contributed by atoms with Gasteiger partial charge in [-0.25, -0.2) is 0 Å². The van der Waals surface area contributed by atoms with Gasteiger partial charge < -0.3 is 9.47 Å². The summed E-state index contributed by atoms with van der Waals surface area (Å²) in [4.78, 5) is 24.0. The smallest absolute Gasteiger partial charge is 0.310 e. The molecule has 0 aliphatic heterocycles. The lowest BCUT2D eigenvalue weighted by molar-refractivity contribution is -0.153. The van der Waals surface area contributed by atoms with Crippen molar-refractivity contribution in [2.45, 2.75) is 97.0 Å². The van der Waals surface area contributed by atoms with E-state index in [0.29, 0.717) is 6.42 Å². The minimum absolute atomic E-state index is 0.0500. The molecule has 0 aromatic carbocycles. The first-order chi connectivity index (χ1) is 11.8.